The maximum absolute atomic E-state index is 6.83. The summed E-state index contributed by atoms with van der Waals surface area (Å²) in [4.78, 5) is 7.36. The first kappa shape index (κ1) is 29.0. The fourth-order valence-corrected chi connectivity index (χ4v) is 7.30. The minimum atomic E-state index is 0.572. The molecule has 0 aliphatic rings. The van der Waals surface area contributed by atoms with Crippen molar-refractivity contribution in [1.82, 2.24) is 4.98 Å². The zero-order valence-corrected chi connectivity index (χ0v) is 27.5. The highest BCUT2D eigenvalue weighted by atomic mass is 16.3. The van der Waals surface area contributed by atoms with Crippen LogP contribution in [0.3, 0.4) is 0 Å². The fraction of sp³-hybridized carbons (Fsp3) is 0. The summed E-state index contributed by atoms with van der Waals surface area (Å²) in [6.07, 6.45) is 0. The lowest BCUT2D eigenvalue weighted by Crippen LogP contribution is -2.10. The molecule has 51 heavy (non-hydrogen) atoms. The maximum atomic E-state index is 6.83. The number of hydrogen-bond acceptors (Lipinski definition) is 4. The van der Waals surface area contributed by atoms with Crippen LogP contribution in [0.1, 0.15) is 0 Å². The Morgan fingerprint density at radius 1 is 0.431 bits per heavy atom. The summed E-state index contributed by atoms with van der Waals surface area (Å²) in [5.74, 6) is 0.572. The second-order valence-corrected chi connectivity index (χ2v) is 12.8. The van der Waals surface area contributed by atoms with Gasteiger partial charge in [-0.15, -0.1) is 0 Å². The van der Waals surface area contributed by atoms with Crippen LogP contribution in [0, 0.1) is 0 Å². The highest BCUT2D eigenvalue weighted by Crippen LogP contribution is 2.45. The number of oxazole rings is 1. The van der Waals surface area contributed by atoms with Crippen LogP contribution in [0.15, 0.2) is 191 Å². The van der Waals surface area contributed by atoms with E-state index in [1.165, 1.54) is 0 Å². The Morgan fingerprint density at radius 3 is 1.76 bits per heavy atom. The Kier molecular flexibility index (Phi) is 6.78. The molecule has 2 aromatic heterocycles. The highest BCUT2D eigenvalue weighted by molar-refractivity contribution is 6.16. The predicted octanol–water partition coefficient (Wildman–Crippen LogP) is 13.4. The Bertz CT molecular complexity index is 2790. The highest BCUT2D eigenvalue weighted by Gasteiger charge is 2.23. The van der Waals surface area contributed by atoms with Gasteiger partial charge in [0, 0.05) is 33.1 Å². The number of rotatable bonds is 6. The van der Waals surface area contributed by atoms with Gasteiger partial charge in [-0.3, -0.25) is 0 Å². The molecule has 10 aromatic rings. The van der Waals surface area contributed by atoms with Gasteiger partial charge in [0.05, 0.1) is 5.69 Å². The molecular formula is C47H30N2O2. The van der Waals surface area contributed by atoms with Crippen molar-refractivity contribution in [2.24, 2.45) is 0 Å². The first-order chi connectivity index (χ1) is 25.3. The van der Waals surface area contributed by atoms with Crippen molar-refractivity contribution in [3.8, 4) is 33.7 Å². The number of hydrogen-bond donors (Lipinski definition) is 0. The summed E-state index contributed by atoms with van der Waals surface area (Å²) in [5, 5.41) is 4.17. The van der Waals surface area contributed by atoms with E-state index in [0.29, 0.717) is 5.89 Å². The second-order valence-electron chi connectivity index (χ2n) is 12.8. The Hall–Kier alpha value is -6.91. The topological polar surface area (TPSA) is 42.4 Å². The lowest BCUT2D eigenvalue weighted by Gasteiger charge is -2.26. The molecule has 0 bridgehead atoms. The molecular weight excluding hydrogens is 625 g/mol. The van der Waals surface area contributed by atoms with Crippen LogP contribution in [0.25, 0.3) is 77.5 Å². The molecule has 0 amide bonds. The number of furan rings is 1. The van der Waals surface area contributed by atoms with Gasteiger partial charge in [0.25, 0.3) is 0 Å². The summed E-state index contributed by atoms with van der Waals surface area (Å²) in [5.41, 5.74) is 11.7. The summed E-state index contributed by atoms with van der Waals surface area (Å²) in [7, 11) is 0. The molecule has 0 radical (unpaired) electrons. The standard InChI is InChI=1S/C47H30N2O2/c1-3-13-31(14-4-1)34-18-9-20-36(29-34)49(37-21-10-19-35(30-37)32-15-5-2-6-16-32)41-25-11-23-39-44-40(24-12-26-42(44)50-46(39)41)47-48-45-38-22-8-7-17-33(38)27-28-43(45)51-47/h1-30H. The van der Waals surface area contributed by atoms with Crippen molar-refractivity contribution < 1.29 is 8.83 Å². The zero-order valence-electron chi connectivity index (χ0n) is 27.5. The molecule has 0 unspecified atom stereocenters. The van der Waals surface area contributed by atoms with Crippen LogP contribution < -0.4 is 4.90 Å². The third-order valence-electron chi connectivity index (χ3n) is 9.68. The summed E-state index contributed by atoms with van der Waals surface area (Å²) >= 11 is 0. The molecule has 8 aromatic carbocycles. The van der Waals surface area contributed by atoms with Crippen molar-refractivity contribution in [2.75, 3.05) is 4.90 Å². The molecule has 240 valence electrons. The summed E-state index contributed by atoms with van der Waals surface area (Å²) < 4.78 is 13.3. The van der Waals surface area contributed by atoms with E-state index in [-0.39, 0.29) is 0 Å². The Balaban J connectivity index is 1.19. The van der Waals surface area contributed by atoms with E-state index in [4.69, 9.17) is 13.8 Å². The fourth-order valence-electron chi connectivity index (χ4n) is 7.30. The monoisotopic (exact) mass is 654 g/mol. The predicted molar refractivity (Wildman–Crippen MR) is 210 cm³/mol. The molecule has 4 nitrogen and oxygen atoms in total. The Morgan fingerprint density at radius 2 is 1.04 bits per heavy atom. The van der Waals surface area contributed by atoms with Gasteiger partial charge in [-0.2, -0.15) is 0 Å². The van der Waals surface area contributed by atoms with Crippen molar-refractivity contribution in [3.63, 3.8) is 0 Å². The van der Waals surface area contributed by atoms with Gasteiger partial charge < -0.3 is 13.7 Å². The van der Waals surface area contributed by atoms with E-state index in [2.05, 4.69) is 144 Å². The number of anilines is 3. The van der Waals surface area contributed by atoms with Crippen molar-refractivity contribution in [2.45, 2.75) is 0 Å². The van der Waals surface area contributed by atoms with Gasteiger partial charge in [-0.25, -0.2) is 4.98 Å². The number of para-hydroxylation sites is 1. The van der Waals surface area contributed by atoms with Crippen LogP contribution >= 0.6 is 0 Å². The average molecular weight is 655 g/mol. The van der Waals surface area contributed by atoms with Gasteiger partial charge >= 0.3 is 0 Å². The minimum absolute atomic E-state index is 0.572. The lowest BCUT2D eigenvalue weighted by molar-refractivity contribution is 0.620. The van der Waals surface area contributed by atoms with Crippen molar-refractivity contribution in [1.29, 1.82) is 0 Å². The van der Waals surface area contributed by atoms with Gasteiger partial charge in [0.1, 0.15) is 11.1 Å². The van der Waals surface area contributed by atoms with Gasteiger partial charge in [0.2, 0.25) is 5.89 Å². The average Bonchev–Trinajstić information content (AvgIpc) is 3.82. The largest absolute Gasteiger partial charge is 0.454 e. The third-order valence-corrected chi connectivity index (χ3v) is 9.68. The van der Waals surface area contributed by atoms with Crippen molar-refractivity contribution in [3.05, 3.63) is 182 Å². The van der Waals surface area contributed by atoms with Crippen molar-refractivity contribution >= 4 is 60.9 Å². The molecule has 4 heteroatoms. The number of nitrogens with zero attached hydrogens (tertiary/aromatic N) is 2. The Labute approximate surface area is 294 Å². The summed E-state index contributed by atoms with van der Waals surface area (Å²) in [6, 6.07) is 63.3. The number of aromatic nitrogens is 1. The number of fused-ring (bicyclic) bond motifs is 6. The second kappa shape index (κ2) is 11.9. The molecule has 0 aliphatic heterocycles. The van der Waals surface area contributed by atoms with E-state index in [9.17, 15) is 0 Å². The molecule has 10 rings (SSSR count). The van der Waals surface area contributed by atoms with E-state index in [0.717, 1.165) is 88.7 Å². The van der Waals surface area contributed by atoms with E-state index in [1.807, 2.05) is 42.5 Å². The zero-order chi connectivity index (χ0) is 33.7. The van der Waals surface area contributed by atoms with E-state index >= 15 is 0 Å². The first-order valence-electron chi connectivity index (χ1n) is 17.1. The van der Waals surface area contributed by atoms with Gasteiger partial charge in [-0.05, 0) is 76.2 Å². The molecule has 0 saturated carbocycles. The lowest BCUT2D eigenvalue weighted by atomic mass is 10.0. The minimum Gasteiger partial charge on any atom is -0.454 e. The SMILES string of the molecule is c1ccc(-c2cccc(N(c3cccc(-c4ccccc4)c3)c3cccc4c3oc3cccc(-c5nc6c(ccc7ccccc76)o5)c34)c2)cc1. The van der Waals surface area contributed by atoms with Gasteiger partial charge in [-0.1, -0.05) is 133 Å². The molecule has 0 atom stereocenters. The quantitative estimate of drug-likeness (QED) is 0.179. The number of benzene rings is 8. The maximum Gasteiger partial charge on any atom is 0.228 e. The molecule has 0 saturated heterocycles. The van der Waals surface area contributed by atoms with Crippen LogP contribution in [0.4, 0.5) is 17.1 Å². The van der Waals surface area contributed by atoms with Gasteiger partial charge in [0.15, 0.2) is 11.2 Å². The third kappa shape index (κ3) is 4.96. The normalized spacial score (nSPS) is 11.5. The van der Waals surface area contributed by atoms with Crippen LogP contribution in [-0.4, -0.2) is 4.98 Å². The van der Waals surface area contributed by atoms with Crippen LogP contribution in [0.5, 0.6) is 0 Å². The molecule has 0 spiro atoms. The smallest absolute Gasteiger partial charge is 0.228 e. The first-order valence-corrected chi connectivity index (χ1v) is 17.1. The van der Waals surface area contributed by atoms with Crippen LogP contribution in [0.2, 0.25) is 0 Å². The van der Waals surface area contributed by atoms with Crippen LogP contribution in [-0.2, 0) is 0 Å². The molecule has 0 N–H and O–H groups in total. The van der Waals surface area contributed by atoms with E-state index in [1.54, 1.807) is 0 Å². The molecule has 0 fully saturated rings. The molecule has 2 heterocycles. The summed E-state index contributed by atoms with van der Waals surface area (Å²) in [6.45, 7) is 0. The molecule has 0 aliphatic carbocycles. The van der Waals surface area contributed by atoms with E-state index < -0.39 is 0 Å².